The molecule has 0 fully saturated rings. The third kappa shape index (κ3) is 3.70. The molecule has 0 amide bonds. The fourth-order valence-electron chi connectivity index (χ4n) is 4.71. The van der Waals surface area contributed by atoms with Crippen LogP contribution in [0, 0.1) is 6.04 Å². The van der Waals surface area contributed by atoms with Gasteiger partial charge in [-0.05, 0) is 10.3 Å². The molecule has 0 unspecified atom stereocenters. The Morgan fingerprint density at radius 2 is 1.00 bits per heavy atom. The van der Waals surface area contributed by atoms with Crippen molar-refractivity contribution in [1.82, 2.24) is 0 Å². The molecule has 109 valence electrons. The van der Waals surface area contributed by atoms with Gasteiger partial charge in [0.25, 0.3) is 0 Å². The van der Waals surface area contributed by atoms with Gasteiger partial charge in [0.05, 0.1) is 0 Å². The highest BCUT2D eigenvalue weighted by molar-refractivity contribution is 7.15. The summed E-state index contributed by atoms with van der Waals surface area (Å²) < 4.78 is 0.740. The average molecular weight is 318 g/mol. The zero-order chi connectivity index (χ0) is 15.0. The summed E-state index contributed by atoms with van der Waals surface area (Å²) in [5, 5.41) is 0. The third-order valence-electron chi connectivity index (χ3n) is 4.74. The van der Waals surface area contributed by atoms with Gasteiger partial charge in [0.1, 0.15) is 0 Å². The summed E-state index contributed by atoms with van der Waals surface area (Å²) in [5.41, 5.74) is 0. The van der Waals surface area contributed by atoms with Crippen molar-refractivity contribution in [3.05, 3.63) is 6.04 Å². The van der Waals surface area contributed by atoms with E-state index in [2.05, 4.69) is 78.1 Å². The van der Waals surface area contributed by atoms with Crippen molar-refractivity contribution in [2.45, 2.75) is 82.7 Å². The maximum absolute atomic E-state index is 2.76. The zero-order valence-electron chi connectivity index (χ0n) is 14.9. The highest BCUT2D eigenvalue weighted by atomic mass is 28.5. The van der Waals surface area contributed by atoms with Crippen molar-refractivity contribution in [2.75, 3.05) is 0 Å². The second-order valence-electron chi connectivity index (χ2n) is 9.34. The van der Waals surface area contributed by atoms with E-state index in [0.717, 1.165) is 4.28 Å². The molecule has 0 atom stereocenters. The second-order valence-corrected chi connectivity index (χ2v) is 29.9. The van der Waals surface area contributed by atoms with Gasteiger partial charge in [-0.25, -0.2) is 0 Å². The fourth-order valence-corrected chi connectivity index (χ4v) is 35.4. The summed E-state index contributed by atoms with van der Waals surface area (Å²) in [4.78, 5) is 0. The van der Waals surface area contributed by atoms with E-state index in [9.17, 15) is 0 Å². The summed E-state index contributed by atoms with van der Waals surface area (Å²) in [6, 6.07) is 2.76. The van der Waals surface area contributed by atoms with Crippen LogP contribution in [0.3, 0.4) is 0 Å². The average Bonchev–Trinajstić information content (AvgIpc) is 1.94. The van der Waals surface area contributed by atoms with Crippen LogP contribution in [0.1, 0.15) is 6.42 Å². The molecule has 0 aliphatic carbocycles. The Balaban J connectivity index is 5.76. The van der Waals surface area contributed by atoms with E-state index in [1.165, 1.54) is 6.42 Å². The van der Waals surface area contributed by atoms with Crippen LogP contribution in [-0.4, -0.2) is 33.0 Å². The Labute approximate surface area is 122 Å². The molecule has 0 bridgehead atoms. The molecule has 0 rings (SSSR count). The van der Waals surface area contributed by atoms with Gasteiger partial charge in [0.15, 0.2) is 0 Å². The SMILES string of the molecule is C[SiH](C)[CH]CC([Si](C)(C)C)([Si](C)(C)C)[Si](C)(C)C. The van der Waals surface area contributed by atoms with Crippen LogP contribution in [0.5, 0.6) is 0 Å². The molecular weight excluding hydrogens is 280 g/mol. The van der Waals surface area contributed by atoms with Crippen LogP contribution >= 0.6 is 0 Å². The minimum atomic E-state index is -1.16. The molecule has 0 aromatic rings. The summed E-state index contributed by atoms with van der Waals surface area (Å²) in [6.07, 6.45) is 1.44. The molecule has 0 N–H and O–H groups in total. The lowest BCUT2D eigenvalue weighted by Crippen LogP contribution is -2.65. The molecule has 0 aromatic carbocycles. The number of hydrogen-bond acceptors (Lipinski definition) is 0. The van der Waals surface area contributed by atoms with Crippen molar-refractivity contribution >= 4 is 33.0 Å². The van der Waals surface area contributed by atoms with E-state index in [0.29, 0.717) is 0 Å². The normalized spacial score (nSPS) is 15.3. The second kappa shape index (κ2) is 5.70. The molecule has 0 spiro atoms. The first kappa shape index (κ1) is 18.9. The first-order valence-corrected chi connectivity index (χ1v) is 21.0. The maximum atomic E-state index is 2.76. The minimum absolute atomic E-state index is 0.544. The van der Waals surface area contributed by atoms with Crippen molar-refractivity contribution < 1.29 is 0 Å². The molecule has 0 nitrogen and oxygen atoms in total. The maximum Gasteiger partial charge on any atom is 0.0452 e. The lowest BCUT2D eigenvalue weighted by atomic mass is 10.5. The lowest BCUT2D eigenvalue weighted by molar-refractivity contribution is 0.885. The van der Waals surface area contributed by atoms with Gasteiger partial charge >= 0.3 is 0 Å². The van der Waals surface area contributed by atoms with E-state index in [4.69, 9.17) is 0 Å². The van der Waals surface area contributed by atoms with Crippen molar-refractivity contribution in [1.29, 1.82) is 0 Å². The van der Waals surface area contributed by atoms with Crippen LogP contribution in [0.2, 0.25) is 76.3 Å². The van der Waals surface area contributed by atoms with E-state index in [1.807, 2.05) is 0 Å². The zero-order valence-corrected chi connectivity index (χ0v) is 19.0. The fraction of sp³-hybridized carbons (Fsp3) is 0.929. The van der Waals surface area contributed by atoms with Gasteiger partial charge in [0, 0.05) is 33.0 Å². The largest absolute Gasteiger partial charge is 0.0720 e. The minimum Gasteiger partial charge on any atom is -0.0720 e. The van der Waals surface area contributed by atoms with Gasteiger partial charge < -0.3 is 0 Å². The number of hydrogen-bond donors (Lipinski definition) is 0. The first-order valence-electron chi connectivity index (χ1n) is 7.50. The predicted molar refractivity (Wildman–Crippen MR) is 101 cm³/mol. The molecule has 0 heterocycles. The Bertz CT molecular complexity index is 227. The highest BCUT2D eigenvalue weighted by Gasteiger charge is 2.58. The third-order valence-corrected chi connectivity index (χ3v) is 27.7. The summed E-state index contributed by atoms with van der Waals surface area (Å²) in [6.45, 7) is 28.7. The van der Waals surface area contributed by atoms with Crippen LogP contribution in [0.15, 0.2) is 0 Å². The molecule has 1 radical (unpaired) electrons. The van der Waals surface area contributed by atoms with Gasteiger partial charge in [0.2, 0.25) is 0 Å². The molecule has 0 aliphatic rings. The van der Waals surface area contributed by atoms with Gasteiger partial charge in [-0.3, -0.25) is 0 Å². The van der Waals surface area contributed by atoms with Gasteiger partial charge in [-0.1, -0.05) is 78.4 Å². The summed E-state index contributed by atoms with van der Waals surface area (Å²) in [7, 11) is -4.02. The van der Waals surface area contributed by atoms with Crippen LogP contribution in [0.25, 0.3) is 0 Å². The Morgan fingerprint density at radius 3 is 1.17 bits per heavy atom. The lowest BCUT2D eigenvalue weighted by Gasteiger charge is -2.59. The Hall–Kier alpha value is 0.868. The Morgan fingerprint density at radius 1 is 0.722 bits per heavy atom. The van der Waals surface area contributed by atoms with E-state index in [1.54, 1.807) is 0 Å². The summed E-state index contributed by atoms with van der Waals surface area (Å²) >= 11 is 0. The number of rotatable bonds is 6. The van der Waals surface area contributed by atoms with Crippen LogP contribution < -0.4 is 0 Å². The predicted octanol–water partition coefficient (Wildman–Crippen LogP) is 5.44. The molecular formula is C14H37Si4. The molecule has 18 heavy (non-hydrogen) atoms. The topological polar surface area (TPSA) is 0 Å². The smallest absolute Gasteiger partial charge is 0.0452 e. The molecule has 4 heteroatoms. The quantitative estimate of drug-likeness (QED) is 0.572. The van der Waals surface area contributed by atoms with Crippen molar-refractivity contribution in [2.24, 2.45) is 0 Å². The van der Waals surface area contributed by atoms with Crippen molar-refractivity contribution in [3.63, 3.8) is 0 Å². The Kier molecular flexibility index (Phi) is 5.97. The van der Waals surface area contributed by atoms with Crippen LogP contribution in [0.4, 0.5) is 0 Å². The monoisotopic (exact) mass is 317 g/mol. The first-order chi connectivity index (χ1) is 7.67. The molecule has 0 saturated heterocycles. The van der Waals surface area contributed by atoms with Gasteiger partial charge in [-0.2, -0.15) is 0 Å². The standard InChI is InChI=1S/C14H37Si4/c1-15(2)13-12-14(16(3,4)5,17(6,7)8)18(9,10)11/h13,15H,12H2,1-11H3. The van der Waals surface area contributed by atoms with E-state index in [-0.39, 0.29) is 0 Å². The highest BCUT2D eigenvalue weighted by Crippen LogP contribution is 2.56. The summed E-state index contributed by atoms with van der Waals surface area (Å²) in [5.74, 6) is 0. The van der Waals surface area contributed by atoms with Crippen molar-refractivity contribution in [3.8, 4) is 0 Å². The molecule has 0 saturated carbocycles. The molecule has 0 aliphatic heterocycles. The van der Waals surface area contributed by atoms with E-state index >= 15 is 0 Å². The van der Waals surface area contributed by atoms with Gasteiger partial charge in [-0.15, -0.1) is 0 Å². The van der Waals surface area contributed by atoms with E-state index < -0.39 is 33.0 Å². The molecule has 0 aromatic heterocycles. The van der Waals surface area contributed by atoms with Crippen LogP contribution in [-0.2, 0) is 0 Å².